The first-order valence-electron chi connectivity index (χ1n) is 8.02. The molecule has 0 aromatic heterocycles. The molecule has 25 heavy (non-hydrogen) atoms. The van der Waals surface area contributed by atoms with Crippen molar-refractivity contribution < 1.29 is 24.2 Å². The van der Waals surface area contributed by atoms with Crippen molar-refractivity contribution in [3.05, 3.63) is 59.7 Å². The van der Waals surface area contributed by atoms with E-state index < -0.39 is 18.2 Å². The van der Waals surface area contributed by atoms with Gasteiger partial charge in [0.15, 0.2) is 6.10 Å². The van der Waals surface area contributed by atoms with Crippen LogP contribution in [-0.4, -0.2) is 35.7 Å². The number of nitrogens with one attached hydrogen (secondary N) is 1. The van der Waals surface area contributed by atoms with E-state index in [2.05, 4.69) is 5.32 Å². The Balaban J connectivity index is 1.58. The first-order valence-corrected chi connectivity index (χ1v) is 8.02. The predicted octanol–water partition coefficient (Wildman–Crippen LogP) is 1.95. The Kier molecular flexibility index (Phi) is 4.88. The Morgan fingerprint density at radius 1 is 1.24 bits per heavy atom. The van der Waals surface area contributed by atoms with Gasteiger partial charge in [-0.15, -0.1) is 0 Å². The third kappa shape index (κ3) is 3.91. The molecular formula is C19H19NO5. The Hall–Kier alpha value is -3.02. The molecule has 3 rings (SSSR count). The lowest BCUT2D eigenvalue weighted by Crippen LogP contribution is -2.45. The zero-order valence-electron chi connectivity index (χ0n) is 13.8. The third-order valence-electron chi connectivity index (χ3n) is 4.01. The molecular weight excluding hydrogens is 322 g/mol. The summed E-state index contributed by atoms with van der Waals surface area (Å²) >= 11 is 0. The molecule has 0 saturated heterocycles. The van der Waals surface area contributed by atoms with Gasteiger partial charge in [0.2, 0.25) is 6.10 Å². The zero-order chi connectivity index (χ0) is 17.8. The highest BCUT2D eigenvalue weighted by Crippen LogP contribution is 2.31. The fourth-order valence-corrected chi connectivity index (χ4v) is 2.72. The second-order valence-corrected chi connectivity index (χ2v) is 5.88. The maximum absolute atomic E-state index is 12.3. The van der Waals surface area contributed by atoms with Crippen molar-refractivity contribution in [2.45, 2.75) is 25.6 Å². The van der Waals surface area contributed by atoms with E-state index in [0.29, 0.717) is 12.2 Å². The smallest absolute Gasteiger partial charge is 0.346 e. The fraction of sp³-hybridized carbons (Fsp3) is 0.263. The molecule has 1 aliphatic heterocycles. The van der Waals surface area contributed by atoms with Crippen molar-refractivity contribution in [2.75, 3.05) is 6.54 Å². The van der Waals surface area contributed by atoms with Crippen LogP contribution in [0.2, 0.25) is 0 Å². The monoisotopic (exact) mass is 341 g/mol. The summed E-state index contributed by atoms with van der Waals surface area (Å²) in [5.41, 5.74) is 1.96. The molecule has 0 aliphatic carbocycles. The number of para-hydroxylation sites is 2. The highest BCUT2D eigenvalue weighted by atomic mass is 16.5. The standard InChI is InChI=1S/C19H19NO5/c1-12-6-5-7-13-10-15(25-17(12)13)18(21)20-11-16(19(22)23)24-14-8-3-2-4-9-14/h2-9,15-16H,10-11H2,1H3,(H,20,21)(H,22,23). The van der Waals surface area contributed by atoms with Crippen LogP contribution in [-0.2, 0) is 16.0 Å². The minimum Gasteiger partial charge on any atom is -0.480 e. The third-order valence-corrected chi connectivity index (χ3v) is 4.01. The number of hydrogen-bond acceptors (Lipinski definition) is 4. The molecule has 0 radical (unpaired) electrons. The lowest BCUT2D eigenvalue weighted by atomic mass is 10.1. The van der Waals surface area contributed by atoms with E-state index in [9.17, 15) is 14.7 Å². The van der Waals surface area contributed by atoms with Crippen molar-refractivity contribution >= 4 is 11.9 Å². The van der Waals surface area contributed by atoms with Gasteiger partial charge in [-0.2, -0.15) is 0 Å². The summed E-state index contributed by atoms with van der Waals surface area (Å²) < 4.78 is 11.1. The summed E-state index contributed by atoms with van der Waals surface area (Å²) in [6.07, 6.45) is -1.35. The number of ether oxygens (including phenoxy) is 2. The summed E-state index contributed by atoms with van der Waals surface area (Å²) in [6.45, 7) is 1.78. The molecule has 1 amide bonds. The molecule has 0 spiro atoms. The summed E-state index contributed by atoms with van der Waals surface area (Å²) in [4.78, 5) is 23.7. The molecule has 2 aromatic carbocycles. The second-order valence-electron chi connectivity index (χ2n) is 5.88. The van der Waals surface area contributed by atoms with Crippen molar-refractivity contribution in [2.24, 2.45) is 0 Å². The van der Waals surface area contributed by atoms with Crippen LogP contribution in [0.3, 0.4) is 0 Å². The normalized spacial score (nSPS) is 16.4. The first kappa shape index (κ1) is 16.8. The van der Waals surface area contributed by atoms with E-state index in [1.54, 1.807) is 24.3 Å². The van der Waals surface area contributed by atoms with E-state index in [1.807, 2.05) is 31.2 Å². The number of aryl methyl sites for hydroxylation is 1. The topological polar surface area (TPSA) is 84.9 Å². The zero-order valence-corrected chi connectivity index (χ0v) is 13.8. The second kappa shape index (κ2) is 7.25. The molecule has 2 N–H and O–H groups in total. The maximum atomic E-state index is 12.3. The van der Waals surface area contributed by atoms with Crippen LogP contribution in [0, 0.1) is 6.92 Å². The van der Waals surface area contributed by atoms with E-state index >= 15 is 0 Å². The minimum atomic E-state index is -1.17. The van der Waals surface area contributed by atoms with Crippen LogP contribution in [0.4, 0.5) is 0 Å². The molecule has 1 aliphatic rings. The molecule has 0 saturated carbocycles. The van der Waals surface area contributed by atoms with Crippen LogP contribution in [0.25, 0.3) is 0 Å². The van der Waals surface area contributed by atoms with Crippen molar-refractivity contribution in [3.8, 4) is 11.5 Å². The number of carbonyl (C=O) groups excluding carboxylic acids is 1. The van der Waals surface area contributed by atoms with Gasteiger partial charge in [0.05, 0.1) is 6.54 Å². The van der Waals surface area contributed by atoms with Crippen molar-refractivity contribution in [1.29, 1.82) is 0 Å². The molecule has 6 nitrogen and oxygen atoms in total. The number of hydrogen-bond donors (Lipinski definition) is 2. The number of fused-ring (bicyclic) bond motifs is 1. The summed E-state index contributed by atoms with van der Waals surface area (Å²) in [6, 6.07) is 14.4. The quantitative estimate of drug-likeness (QED) is 0.839. The molecule has 1 heterocycles. The van der Waals surface area contributed by atoms with Gasteiger partial charge >= 0.3 is 5.97 Å². The summed E-state index contributed by atoms with van der Waals surface area (Å²) in [7, 11) is 0. The lowest BCUT2D eigenvalue weighted by molar-refractivity contribution is -0.145. The summed E-state index contributed by atoms with van der Waals surface area (Å²) in [5, 5.41) is 11.9. The van der Waals surface area contributed by atoms with Crippen molar-refractivity contribution in [3.63, 3.8) is 0 Å². The number of amides is 1. The molecule has 2 unspecified atom stereocenters. The van der Waals surface area contributed by atoms with Gasteiger partial charge in [0.1, 0.15) is 11.5 Å². The highest BCUT2D eigenvalue weighted by Gasteiger charge is 2.31. The molecule has 2 aromatic rings. The molecule has 0 fully saturated rings. The largest absolute Gasteiger partial charge is 0.480 e. The SMILES string of the molecule is Cc1cccc2c1OC(C(=O)NCC(Oc1ccccc1)C(=O)O)C2. The number of rotatable bonds is 6. The average Bonchev–Trinajstić information content (AvgIpc) is 3.05. The fourth-order valence-electron chi connectivity index (χ4n) is 2.72. The maximum Gasteiger partial charge on any atom is 0.346 e. The average molecular weight is 341 g/mol. The summed E-state index contributed by atoms with van der Waals surface area (Å²) in [5.74, 6) is -0.323. The highest BCUT2D eigenvalue weighted by molar-refractivity contribution is 5.83. The van der Waals surface area contributed by atoms with E-state index in [0.717, 1.165) is 16.9 Å². The Bertz CT molecular complexity index is 775. The Labute approximate surface area is 145 Å². The number of carboxylic acids is 1. The van der Waals surface area contributed by atoms with Crippen LogP contribution in [0.15, 0.2) is 48.5 Å². The van der Waals surface area contributed by atoms with Gasteiger partial charge in [-0.1, -0.05) is 36.4 Å². The first-order chi connectivity index (χ1) is 12.0. The molecule has 130 valence electrons. The van der Waals surface area contributed by atoms with Gasteiger partial charge in [-0.25, -0.2) is 4.79 Å². The Morgan fingerprint density at radius 2 is 2.00 bits per heavy atom. The Morgan fingerprint density at radius 3 is 2.68 bits per heavy atom. The molecule has 6 heteroatoms. The van der Waals surface area contributed by atoms with Gasteiger partial charge in [-0.05, 0) is 30.2 Å². The van der Waals surface area contributed by atoms with Crippen LogP contribution >= 0.6 is 0 Å². The van der Waals surface area contributed by atoms with Crippen LogP contribution < -0.4 is 14.8 Å². The lowest BCUT2D eigenvalue weighted by Gasteiger charge is -2.17. The van der Waals surface area contributed by atoms with E-state index in [4.69, 9.17) is 9.47 Å². The predicted molar refractivity (Wildman–Crippen MR) is 90.8 cm³/mol. The van der Waals surface area contributed by atoms with Crippen LogP contribution in [0.1, 0.15) is 11.1 Å². The van der Waals surface area contributed by atoms with Gasteiger partial charge in [0.25, 0.3) is 5.91 Å². The number of carbonyl (C=O) groups is 2. The van der Waals surface area contributed by atoms with Gasteiger partial charge in [0, 0.05) is 6.42 Å². The van der Waals surface area contributed by atoms with E-state index in [1.165, 1.54) is 0 Å². The molecule has 2 atom stereocenters. The van der Waals surface area contributed by atoms with Gasteiger partial charge in [-0.3, -0.25) is 4.79 Å². The number of carboxylic acid groups (broad SMARTS) is 1. The number of benzene rings is 2. The van der Waals surface area contributed by atoms with Crippen molar-refractivity contribution in [1.82, 2.24) is 5.32 Å². The molecule has 0 bridgehead atoms. The minimum absolute atomic E-state index is 0.141. The van der Waals surface area contributed by atoms with E-state index in [-0.39, 0.29) is 12.5 Å². The van der Waals surface area contributed by atoms with Crippen LogP contribution in [0.5, 0.6) is 11.5 Å². The van der Waals surface area contributed by atoms with Gasteiger partial charge < -0.3 is 19.9 Å². The number of aliphatic carboxylic acids is 1.